The molecule has 0 aliphatic heterocycles. The molecule has 4 aromatic carbocycles. The van der Waals surface area contributed by atoms with Gasteiger partial charge in [-0.15, -0.1) is 0 Å². The lowest BCUT2D eigenvalue weighted by Gasteiger charge is -2.17. The summed E-state index contributed by atoms with van der Waals surface area (Å²) in [5.41, 5.74) is 4.96. The smallest absolute Gasteiger partial charge is 0.311 e. The van der Waals surface area contributed by atoms with Gasteiger partial charge in [-0.3, -0.25) is 14.9 Å². The fourth-order valence-electron chi connectivity index (χ4n) is 4.94. The molecule has 0 spiro atoms. The molecule has 0 radical (unpaired) electrons. The third-order valence-corrected chi connectivity index (χ3v) is 7.17. The van der Waals surface area contributed by atoms with Crippen LogP contribution in [0.1, 0.15) is 47.6 Å². The number of para-hydroxylation sites is 1. The second-order valence-corrected chi connectivity index (χ2v) is 10.6. The molecule has 1 aromatic heterocycles. The summed E-state index contributed by atoms with van der Waals surface area (Å²) in [6.07, 6.45) is 1.42. The normalized spacial score (nSPS) is 11.4. The van der Waals surface area contributed by atoms with Gasteiger partial charge in [-0.05, 0) is 72.9 Å². The molecule has 1 heterocycles. The molecule has 0 amide bonds. The molecule has 0 N–H and O–H groups in total. The molecule has 0 bridgehead atoms. The van der Waals surface area contributed by atoms with Gasteiger partial charge in [-0.25, -0.2) is 4.98 Å². The van der Waals surface area contributed by atoms with Crippen LogP contribution in [-0.4, -0.2) is 27.9 Å². The average Bonchev–Trinajstić information content (AvgIpc) is 2.99. The molecule has 9 nitrogen and oxygen atoms in total. The molecular formula is C34H32N4O5. The van der Waals surface area contributed by atoms with Gasteiger partial charge in [0.05, 0.1) is 29.2 Å². The topological polar surface area (TPSA) is 109 Å². The first-order valence-corrected chi connectivity index (χ1v) is 13.9. The van der Waals surface area contributed by atoms with Crippen molar-refractivity contribution in [2.24, 2.45) is 5.10 Å². The minimum atomic E-state index is -0.494. The van der Waals surface area contributed by atoms with Crippen LogP contribution >= 0.6 is 0 Å². The Kier molecular flexibility index (Phi) is 8.34. The summed E-state index contributed by atoms with van der Waals surface area (Å²) < 4.78 is 12.7. The predicted octanol–water partition coefficient (Wildman–Crippen LogP) is 7.18. The lowest BCUT2D eigenvalue weighted by Crippen LogP contribution is -2.20. The van der Waals surface area contributed by atoms with Gasteiger partial charge in [-0.1, -0.05) is 55.8 Å². The van der Waals surface area contributed by atoms with Crippen molar-refractivity contribution in [3.63, 3.8) is 0 Å². The number of nitro benzene ring substituents is 1. The molecule has 9 heteroatoms. The third-order valence-electron chi connectivity index (χ3n) is 7.17. The summed E-state index contributed by atoms with van der Waals surface area (Å²) in [4.78, 5) is 30.0. The standard InChI is InChI=1S/C34H32N4O5/c1-21(2)27-18-28(23(4)16-32(27)42-5)33-36-29-12-7-6-11-26(29)34(39)37(33)35-19-24-13-14-31(30(17-24)38(40)41)43-20-25-10-8-9-22(3)15-25/h6-19,21H,20H2,1-5H3. The number of ether oxygens (including phenoxy) is 2. The van der Waals surface area contributed by atoms with Crippen LogP contribution in [0.25, 0.3) is 22.3 Å². The summed E-state index contributed by atoms with van der Waals surface area (Å²) in [5.74, 6) is 1.41. The number of nitro groups is 1. The van der Waals surface area contributed by atoms with E-state index in [1.54, 1.807) is 37.4 Å². The average molecular weight is 577 g/mol. The number of fused-ring (bicyclic) bond motifs is 1. The highest BCUT2D eigenvalue weighted by Gasteiger charge is 2.19. The van der Waals surface area contributed by atoms with Crippen molar-refractivity contribution in [2.45, 2.75) is 40.2 Å². The van der Waals surface area contributed by atoms with Crippen LogP contribution in [0.15, 0.2) is 88.8 Å². The van der Waals surface area contributed by atoms with E-state index < -0.39 is 4.92 Å². The van der Waals surface area contributed by atoms with Crippen LogP contribution in [-0.2, 0) is 6.61 Å². The molecule has 43 heavy (non-hydrogen) atoms. The molecule has 0 unspecified atom stereocenters. The number of benzene rings is 4. The van der Waals surface area contributed by atoms with E-state index in [1.807, 2.05) is 56.3 Å². The third kappa shape index (κ3) is 6.16. The molecule has 0 aliphatic rings. The maximum Gasteiger partial charge on any atom is 0.311 e. The summed E-state index contributed by atoms with van der Waals surface area (Å²) >= 11 is 0. The second-order valence-electron chi connectivity index (χ2n) is 10.6. The van der Waals surface area contributed by atoms with Gasteiger partial charge >= 0.3 is 5.69 Å². The van der Waals surface area contributed by atoms with Gasteiger partial charge < -0.3 is 9.47 Å². The Hall–Kier alpha value is -5.31. The highest BCUT2D eigenvalue weighted by atomic mass is 16.6. The first-order chi connectivity index (χ1) is 20.7. The van der Waals surface area contributed by atoms with E-state index in [0.717, 1.165) is 33.6 Å². The summed E-state index contributed by atoms with van der Waals surface area (Å²) in [7, 11) is 1.63. The van der Waals surface area contributed by atoms with Crippen LogP contribution in [0, 0.1) is 24.0 Å². The molecule has 0 fully saturated rings. The Labute approximate surface area is 249 Å². The lowest BCUT2D eigenvalue weighted by atomic mass is 9.96. The summed E-state index contributed by atoms with van der Waals surface area (Å²) in [6, 6.07) is 23.3. The highest BCUT2D eigenvalue weighted by Crippen LogP contribution is 2.34. The van der Waals surface area contributed by atoms with Gasteiger partial charge in [0.15, 0.2) is 11.6 Å². The minimum Gasteiger partial charge on any atom is -0.496 e. The molecule has 0 aliphatic carbocycles. The van der Waals surface area contributed by atoms with Crippen molar-refractivity contribution in [1.29, 1.82) is 0 Å². The van der Waals surface area contributed by atoms with Crippen molar-refractivity contribution in [1.82, 2.24) is 9.66 Å². The Morgan fingerprint density at radius 2 is 1.79 bits per heavy atom. The zero-order chi connectivity index (χ0) is 30.7. The van der Waals surface area contributed by atoms with E-state index in [9.17, 15) is 14.9 Å². The number of hydrogen-bond acceptors (Lipinski definition) is 7. The Bertz CT molecular complexity index is 1930. The lowest BCUT2D eigenvalue weighted by molar-refractivity contribution is -0.385. The molecule has 0 atom stereocenters. The van der Waals surface area contributed by atoms with E-state index in [4.69, 9.17) is 14.5 Å². The van der Waals surface area contributed by atoms with Gasteiger partial charge in [0.25, 0.3) is 5.56 Å². The van der Waals surface area contributed by atoms with Crippen molar-refractivity contribution in [3.05, 3.63) is 127 Å². The number of methoxy groups -OCH3 is 1. The van der Waals surface area contributed by atoms with Gasteiger partial charge in [-0.2, -0.15) is 9.78 Å². The van der Waals surface area contributed by atoms with Crippen LogP contribution in [0.5, 0.6) is 11.5 Å². The highest BCUT2D eigenvalue weighted by molar-refractivity contribution is 5.83. The Morgan fingerprint density at radius 1 is 1.00 bits per heavy atom. The maximum absolute atomic E-state index is 13.7. The largest absolute Gasteiger partial charge is 0.496 e. The van der Waals surface area contributed by atoms with Gasteiger partial charge in [0.2, 0.25) is 0 Å². The maximum atomic E-state index is 13.7. The molecule has 5 rings (SSSR count). The van der Waals surface area contributed by atoms with E-state index >= 15 is 0 Å². The van der Waals surface area contributed by atoms with E-state index in [1.165, 1.54) is 17.0 Å². The molecule has 218 valence electrons. The van der Waals surface area contributed by atoms with E-state index in [2.05, 4.69) is 18.9 Å². The molecule has 5 aromatic rings. The van der Waals surface area contributed by atoms with Crippen LogP contribution in [0.2, 0.25) is 0 Å². The fraction of sp³-hybridized carbons (Fsp3) is 0.206. The Morgan fingerprint density at radius 3 is 2.51 bits per heavy atom. The molecular weight excluding hydrogens is 544 g/mol. The predicted molar refractivity (Wildman–Crippen MR) is 168 cm³/mol. The van der Waals surface area contributed by atoms with E-state index in [0.29, 0.717) is 22.3 Å². The van der Waals surface area contributed by atoms with Crippen molar-refractivity contribution in [3.8, 4) is 22.9 Å². The zero-order valence-corrected chi connectivity index (χ0v) is 24.7. The monoisotopic (exact) mass is 576 g/mol. The first-order valence-electron chi connectivity index (χ1n) is 13.9. The number of nitrogens with zero attached hydrogens (tertiary/aromatic N) is 4. The molecule has 0 saturated carbocycles. The number of hydrogen-bond donors (Lipinski definition) is 0. The number of aromatic nitrogens is 2. The zero-order valence-electron chi connectivity index (χ0n) is 24.7. The van der Waals surface area contributed by atoms with Gasteiger partial charge in [0, 0.05) is 17.2 Å². The van der Waals surface area contributed by atoms with Crippen molar-refractivity contribution in [2.75, 3.05) is 7.11 Å². The SMILES string of the molecule is COc1cc(C)c(-c2nc3ccccc3c(=O)n2N=Cc2ccc(OCc3cccc(C)c3)c([N+](=O)[O-])c2)cc1C(C)C. The number of rotatable bonds is 9. The number of aryl methyl sites for hydroxylation is 2. The van der Waals surface area contributed by atoms with Crippen LogP contribution in [0.4, 0.5) is 5.69 Å². The first kappa shape index (κ1) is 29.2. The van der Waals surface area contributed by atoms with Gasteiger partial charge in [0.1, 0.15) is 12.4 Å². The second kappa shape index (κ2) is 12.3. The van der Waals surface area contributed by atoms with Crippen LogP contribution in [0.3, 0.4) is 0 Å². The van der Waals surface area contributed by atoms with E-state index in [-0.39, 0.29) is 29.5 Å². The Balaban J connectivity index is 1.58. The van der Waals surface area contributed by atoms with Crippen LogP contribution < -0.4 is 15.0 Å². The van der Waals surface area contributed by atoms with Crippen molar-refractivity contribution < 1.29 is 14.4 Å². The molecule has 0 saturated heterocycles. The minimum absolute atomic E-state index is 0.143. The fourth-order valence-corrected chi connectivity index (χ4v) is 4.94. The summed E-state index contributed by atoms with van der Waals surface area (Å²) in [6.45, 7) is 8.22. The van der Waals surface area contributed by atoms with Crippen molar-refractivity contribution >= 4 is 22.8 Å². The summed E-state index contributed by atoms with van der Waals surface area (Å²) in [5, 5.41) is 16.9. The quantitative estimate of drug-likeness (QED) is 0.104.